The zero-order valence-corrected chi connectivity index (χ0v) is 13.7. The number of amides is 1. The summed E-state index contributed by atoms with van der Waals surface area (Å²) in [6.07, 6.45) is 0. The van der Waals surface area contributed by atoms with E-state index in [0.29, 0.717) is 10.7 Å². The van der Waals surface area contributed by atoms with Gasteiger partial charge in [-0.25, -0.2) is 4.98 Å². The first kappa shape index (κ1) is 15.5. The minimum Gasteiger partial charge on any atom is -0.367 e. The molecule has 1 amide bonds. The normalized spacial score (nSPS) is 14.0. The van der Waals surface area contributed by atoms with Crippen molar-refractivity contribution in [3.05, 3.63) is 40.3 Å². The Bertz CT molecular complexity index is 753. The minimum atomic E-state index is -0.201. The van der Waals surface area contributed by atoms with E-state index in [1.165, 1.54) is 11.3 Å². The van der Waals surface area contributed by atoms with E-state index in [0.717, 1.165) is 37.6 Å². The van der Waals surface area contributed by atoms with E-state index in [-0.39, 0.29) is 5.91 Å². The van der Waals surface area contributed by atoms with Crippen molar-refractivity contribution in [2.24, 2.45) is 0 Å². The van der Waals surface area contributed by atoms with Gasteiger partial charge in [-0.15, -0.1) is 11.3 Å². The average Bonchev–Trinajstić information content (AvgIpc) is 3.05. The maximum Gasteiger partial charge on any atom is 0.275 e. The number of hydrogen-bond acceptors (Lipinski definition) is 5. The fraction of sp³-hybridized carbons (Fsp3) is 0.294. The Labute approximate surface area is 139 Å². The molecule has 3 rings (SSSR count). The monoisotopic (exact) mass is 326 g/mol. The third-order valence-corrected chi connectivity index (χ3v) is 4.34. The van der Waals surface area contributed by atoms with Gasteiger partial charge in [-0.3, -0.25) is 4.79 Å². The lowest BCUT2D eigenvalue weighted by molar-refractivity contribution is 0.102. The van der Waals surface area contributed by atoms with Crippen LogP contribution >= 0.6 is 11.3 Å². The zero-order valence-electron chi connectivity index (χ0n) is 12.9. The number of para-hydroxylation sites is 2. The average molecular weight is 326 g/mol. The van der Waals surface area contributed by atoms with E-state index in [1.807, 2.05) is 24.3 Å². The number of thiazole rings is 1. The maximum absolute atomic E-state index is 12.4. The Morgan fingerprint density at radius 3 is 2.91 bits per heavy atom. The molecule has 1 fully saturated rings. The van der Waals surface area contributed by atoms with E-state index in [2.05, 4.69) is 32.4 Å². The number of anilines is 2. The summed E-state index contributed by atoms with van der Waals surface area (Å²) in [6, 6.07) is 7.88. The van der Waals surface area contributed by atoms with Gasteiger partial charge in [-0.2, -0.15) is 0 Å². The number of carbonyl (C=O) groups is 1. The molecule has 0 atom stereocenters. The Morgan fingerprint density at radius 1 is 1.35 bits per heavy atom. The van der Waals surface area contributed by atoms with Gasteiger partial charge in [0.2, 0.25) is 0 Å². The molecule has 1 aliphatic rings. The van der Waals surface area contributed by atoms with E-state index in [9.17, 15) is 4.79 Å². The molecule has 6 heteroatoms. The number of carbonyl (C=O) groups excluding carboxylic acids is 1. The highest BCUT2D eigenvalue weighted by Gasteiger charge is 2.16. The molecule has 1 saturated heterocycles. The maximum atomic E-state index is 12.4. The molecule has 0 saturated carbocycles. The lowest BCUT2D eigenvalue weighted by Crippen LogP contribution is -2.43. The van der Waals surface area contributed by atoms with Crippen molar-refractivity contribution in [2.75, 3.05) is 36.4 Å². The Morgan fingerprint density at radius 2 is 2.13 bits per heavy atom. The van der Waals surface area contributed by atoms with Gasteiger partial charge in [0, 0.05) is 31.6 Å². The standard InChI is InChI=1S/C17H18N4OS/c1-2-5-16-19-14(12-23-16)17(22)20-13-6-3-4-7-15(13)21-10-8-18-9-11-21/h3-4,6-7,12,18H,8-11H2,1H3,(H,20,22). The number of benzene rings is 1. The van der Waals surface area contributed by atoms with Crippen molar-refractivity contribution in [1.29, 1.82) is 0 Å². The molecule has 118 valence electrons. The molecular formula is C17H18N4OS. The van der Waals surface area contributed by atoms with Gasteiger partial charge in [-0.1, -0.05) is 18.1 Å². The fourth-order valence-corrected chi connectivity index (χ4v) is 3.18. The summed E-state index contributed by atoms with van der Waals surface area (Å²) in [6.45, 7) is 5.52. The molecule has 0 spiro atoms. The Kier molecular flexibility index (Phi) is 4.91. The van der Waals surface area contributed by atoms with Crippen molar-refractivity contribution >= 4 is 28.6 Å². The van der Waals surface area contributed by atoms with Crippen LogP contribution in [0.2, 0.25) is 0 Å². The summed E-state index contributed by atoms with van der Waals surface area (Å²) in [7, 11) is 0. The van der Waals surface area contributed by atoms with Gasteiger partial charge in [0.25, 0.3) is 5.91 Å². The number of hydrogen-bond donors (Lipinski definition) is 2. The fourth-order valence-electron chi connectivity index (χ4n) is 2.49. The lowest BCUT2D eigenvalue weighted by Gasteiger charge is -2.31. The van der Waals surface area contributed by atoms with Crippen LogP contribution in [0.3, 0.4) is 0 Å². The van der Waals surface area contributed by atoms with E-state index in [1.54, 1.807) is 12.3 Å². The predicted molar refractivity (Wildman–Crippen MR) is 94.1 cm³/mol. The predicted octanol–water partition coefficient (Wildman–Crippen LogP) is 2.18. The van der Waals surface area contributed by atoms with Gasteiger partial charge < -0.3 is 15.5 Å². The molecule has 0 radical (unpaired) electrons. The van der Waals surface area contributed by atoms with Crippen molar-refractivity contribution in [3.63, 3.8) is 0 Å². The quantitative estimate of drug-likeness (QED) is 0.849. The van der Waals surface area contributed by atoms with Crippen LogP contribution in [0.15, 0.2) is 29.6 Å². The number of aromatic nitrogens is 1. The number of rotatable bonds is 3. The third kappa shape index (κ3) is 3.70. The van der Waals surface area contributed by atoms with E-state index in [4.69, 9.17) is 0 Å². The molecule has 1 aromatic carbocycles. The van der Waals surface area contributed by atoms with Gasteiger partial charge in [0.1, 0.15) is 5.69 Å². The molecule has 2 aromatic rings. The summed E-state index contributed by atoms with van der Waals surface area (Å²) < 4.78 is 0. The molecule has 0 aliphatic carbocycles. The first-order valence-electron chi connectivity index (χ1n) is 7.52. The zero-order chi connectivity index (χ0) is 16.1. The van der Waals surface area contributed by atoms with Crippen molar-refractivity contribution in [1.82, 2.24) is 10.3 Å². The minimum absolute atomic E-state index is 0.201. The highest BCUT2D eigenvalue weighted by molar-refractivity contribution is 7.10. The van der Waals surface area contributed by atoms with Gasteiger partial charge in [0.05, 0.1) is 11.4 Å². The molecule has 0 unspecified atom stereocenters. The SMILES string of the molecule is CC#Cc1nc(C(=O)Nc2ccccc2N2CCNCC2)cs1. The van der Waals surface area contributed by atoms with Crippen molar-refractivity contribution in [2.45, 2.75) is 6.92 Å². The molecule has 1 aromatic heterocycles. The van der Waals surface area contributed by atoms with Crippen LogP contribution < -0.4 is 15.5 Å². The summed E-state index contributed by atoms with van der Waals surface area (Å²) in [5.74, 6) is 5.46. The largest absolute Gasteiger partial charge is 0.367 e. The summed E-state index contributed by atoms with van der Waals surface area (Å²) in [5.41, 5.74) is 2.27. The van der Waals surface area contributed by atoms with Gasteiger partial charge in [0.15, 0.2) is 5.01 Å². The smallest absolute Gasteiger partial charge is 0.275 e. The van der Waals surface area contributed by atoms with Crippen LogP contribution in [0.4, 0.5) is 11.4 Å². The molecule has 23 heavy (non-hydrogen) atoms. The first-order valence-corrected chi connectivity index (χ1v) is 8.40. The lowest BCUT2D eigenvalue weighted by atomic mass is 10.2. The number of piperazine rings is 1. The van der Waals surface area contributed by atoms with Crippen LogP contribution in [-0.2, 0) is 0 Å². The first-order chi connectivity index (χ1) is 11.3. The second-order valence-electron chi connectivity index (χ2n) is 5.12. The number of nitrogens with one attached hydrogen (secondary N) is 2. The number of nitrogens with zero attached hydrogens (tertiary/aromatic N) is 2. The van der Waals surface area contributed by atoms with Crippen molar-refractivity contribution < 1.29 is 4.79 Å². The third-order valence-electron chi connectivity index (χ3n) is 3.58. The molecular weight excluding hydrogens is 308 g/mol. The van der Waals surface area contributed by atoms with E-state index >= 15 is 0 Å². The topological polar surface area (TPSA) is 57.3 Å². The van der Waals surface area contributed by atoms with Crippen LogP contribution in [-0.4, -0.2) is 37.1 Å². The second-order valence-corrected chi connectivity index (χ2v) is 5.98. The highest BCUT2D eigenvalue weighted by atomic mass is 32.1. The van der Waals surface area contributed by atoms with Crippen LogP contribution in [0.5, 0.6) is 0 Å². The van der Waals surface area contributed by atoms with Crippen LogP contribution in [0.1, 0.15) is 22.4 Å². The van der Waals surface area contributed by atoms with Crippen molar-refractivity contribution in [3.8, 4) is 11.8 Å². The molecule has 2 N–H and O–H groups in total. The molecule has 0 bridgehead atoms. The summed E-state index contributed by atoms with van der Waals surface area (Å²) in [4.78, 5) is 18.9. The molecule has 5 nitrogen and oxygen atoms in total. The molecule has 2 heterocycles. The Balaban J connectivity index is 1.78. The highest BCUT2D eigenvalue weighted by Crippen LogP contribution is 2.26. The second kappa shape index (κ2) is 7.27. The van der Waals surface area contributed by atoms with Gasteiger partial charge >= 0.3 is 0 Å². The molecule has 1 aliphatic heterocycles. The Hall–Kier alpha value is -2.36. The summed E-state index contributed by atoms with van der Waals surface area (Å²) in [5, 5.41) is 8.71. The van der Waals surface area contributed by atoms with Crippen LogP contribution in [0.25, 0.3) is 0 Å². The van der Waals surface area contributed by atoms with Crippen LogP contribution in [0, 0.1) is 11.8 Å². The van der Waals surface area contributed by atoms with Gasteiger partial charge in [-0.05, 0) is 25.0 Å². The van der Waals surface area contributed by atoms with E-state index < -0.39 is 0 Å². The summed E-state index contributed by atoms with van der Waals surface area (Å²) >= 11 is 1.38.